The molecule has 0 aliphatic carbocycles. The van der Waals surface area contributed by atoms with Crippen LogP contribution in [0.1, 0.15) is 24.9 Å². The molecule has 2 aliphatic heterocycles. The third-order valence-corrected chi connectivity index (χ3v) is 4.45. The van der Waals surface area contributed by atoms with Crippen LogP contribution in [-0.4, -0.2) is 35.7 Å². The highest BCUT2D eigenvalue weighted by atomic mass is 35.5. The van der Waals surface area contributed by atoms with Gasteiger partial charge in [-0.25, -0.2) is 4.98 Å². The van der Waals surface area contributed by atoms with Crippen molar-refractivity contribution >= 4 is 29.4 Å². The van der Waals surface area contributed by atoms with Crippen LogP contribution in [0.3, 0.4) is 0 Å². The summed E-state index contributed by atoms with van der Waals surface area (Å²) < 4.78 is 2.47. The van der Waals surface area contributed by atoms with Crippen molar-refractivity contribution in [2.24, 2.45) is 0 Å². The maximum atomic E-state index is 4.92. The minimum atomic E-state index is 0. The minimum absolute atomic E-state index is 0. The lowest BCUT2D eigenvalue weighted by molar-refractivity contribution is 0.487. The number of rotatable bonds is 1. The van der Waals surface area contributed by atoms with Crippen LogP contribution in [0.15, 0.2) is 18.2 Å². The van der Waals surface area contributed by atoms with Gasteiger partial charge in [0.1, 0.15) is 0 Å². The van der Waals surface area contributed by atoms with Crippen molar-refractivity contribution in [2.45, 2.75) is 25.8 Å². The van der Waals surface area contributed by atoms with Gasteiger partial charge in [-0.3, -0.25) is 0 Å². The van der Waals surface area contributed by atoms with E-state index in [9.17, 15) is 0 Å². The van der Waals surface area contributed by atoms with Gasteiger partial charge in [-0.1, -0.05) is 12.1 Å². The van der Waals surface area contributed by atoms with Gasteiger partial charge in [0.15, 0.2) is 0 Å². The first-order valence-corrected chi connectivity index (χ1v) is 7.30. The Kier molecular flexibility index (Phi) is 3.61. The summed E-state index contributed by atoms with van der Waals surface area (Å²) in [5, 5.41) is 3.41. The zero-order chi connectivity index (χ0) is 12.8. The van der Waals surface area contributed by atoms with Gasteiger partial charge < -0.3 is 14.8 Å². The second kappa shape index (κ2) is 5.26. The van der Waals surface area contributed by atoms with Gasteiger partial charge in [-0.05, 0) is 31.4 Å². The molecule has 20 heavy (non-hydrogen) atoms. The van der Waals surface area contributed by atoms with Crippen molar-refractivity contribution in [3.05, 3.63) is 23.8 Å². The van der Waals surface area contributed by atoms with Crippen LogP contribution in [0, 0.1) is 0 Å². The van der Waals surface area contributed by atoms with Gasteiger partial charge in [0, 0.05) is 32.2 Å². The molecular formula is C15H21ClN4. The van der Waals surface area contributed by atoms with Crippen LogP contribution in [0.2, 0.25) is 0 Å². The van der Waals surface area contributed by atoms with E-state index in [1.807, 2.05) is 0 Å². The molecule has 1 N–H and O–H groups in total. The van der Waals surface area contributed by atoms with E-state index in [1.165, 1.54) is 29.9 Å². The molecule has 5 heteroatoms. The van der Waals surface area contributed by atoms with Crippen molar-refractivity contribution < 1.29 is 0 Å². The third kappa shape index (κ3) is 1.98. The first kappa shape index (κ1) is 13.7. The summed E-state index contributed by atoms with van der Waals surface area (Å²) >= 11 is 0. The van der Waals surface area contributed by atoms with Crippen molar-refractivity contribution in [3.63, 3.8) is 0 Å². The molecule has 0 amide bonds. The average Bonchev–Trinajstić information content (AvgIpc) is 2.85. The molecule has 4 rings (SSSR count). The van der Waals surface area contributed by atoms with Gasteiger partial charge in [-0.2, -0.15) is 0 Å². The SMILES string of the molecule is CC1CCc2cccc3nc(N4CCNCC4)n1c23.Cl. The van der Waals surface area contributed by atoms with E-state index in [0.717, 1.165) is 31.7 Å². The average molecular weight is 293 g/mol. The number of benzene rings is 1. The maximum absolute atomic E-state index is 4.92. The van der Waals surface area contributed by atoms with Crippen LogP contribution < -0.4 is 10.2 Å². The largest absolute Gasteiger partial charge is 0.340 e. The van der Waals surface area contributed by atoms with E-state index in [0.29, 0.717) is 6.04 Å². The summed E-state index contributed by atoms with van der Waals surface area (Å²) in [5.41, 5.74) is 4.00. The molecule has 1 unspecified atom stereocenters. The standard InChI is InChI=1S/C15H20N4.ClH/c1-11-5-6-12-3-2-4-13-14(12)19(11)15(17-13)18-9-7-16-8-10-18;/h2-4,11,16H,5-10H2,1H3;1H. The van der Waals surface area contributed by atoms with Crippen molar-refractivity contribution in [1.82, 2.24) is 14.9 Å². The Morgan fingerprint density at radius 3 is 2.85 bits per heavy atom. The van der Waals surface area contributed by atoms with Crippen molar-refractivity contribution in [3.8, 4) is 0 Å². The lowest BCUT2D eigenvalue weighted by Gasteiger charge is -2.32. The highest BCUT2D eigenvalue weighted by Crippen LogP contribution is 2.35. The molecule has 2 aliphatic rings. The van der Waals surface area contributed by atoms with Gasteiger partial charge in [0.25, 0.3) is 0 Å². The number of piperazine rings is 1. The van der Waals surface area contributed by atoms with E-state index in [1.54, 1.807) is 0 Å². The van der Waals surface area contributed by atoms with Crippen molar-refractivity contribution in [1.29, 1.82) is 0 Å². The summed E-state index contributed by atoms with van der Waals surface area (Å²) in [6.07, 6.45) is 2.41. The van der Waals surface area contributed by atoms with Gasteiger partial charge in [0.2, 0.25) is 5.95 Å². The fraction of sp³-hybridized carbons (Fsp3) is 0.533. The Balaban J connectivity index is 0.00000121. The molecule has 0 spiro atoms. The molecule has 0 bridgehead atoms. The Hall–Kier alpha value is -1.26. The molecule has 1 aromatic heterocycles. The van der Waals surface area contributed by atoms with E-state index >= 15 is 0 Å². The molecule has 108 valence electrons. The number of nitrogens with one attached hydrogen (secondary N) is 1. The zero-order valence-electron chi connectivity index (χ0n) is 11.8. The van der Waals surface area contributed by atoms with E-state index in [2.05, 4.69) is 39.9 Å². The van der Waals surface area contributed by atoms with Crippen LogP contribution in [0.5, 0.6) is 0 Å². The maximum Gasteiger partial charge on any atom is 0.206 e. The van der Waals surface area contributed by atoms with E-state index < -0.39 is 0 Å². The van der Waals surface area contributed by atoms with Gasteiger partial charge in [-0.15, -0.1) is 12.4 Å². The molecule has 1 atom stereocenters. The number of anilines is 1. The van der Waals surface area contributed by atoms with Crippen molar-refractivity contribution in [2.75, 3.05) is 31.1 Å². The summed E-state index contributed by atoms with van der Waals surface area (Å²) in [5.74, 6) is 1.18. The quantitative estimate of drug-likeness (QED) is 0.876. The van der Waals surface area contributed by atoms with E-state index in [4.69, 9.17) is 4.98 Å². The first-order valence-electron chi connectivity index (χ1n) is 7.30. The smallest absolute Gasteiger partial charge is 0.206 e. The topological polar surface area (TPSA) is 33.1 Å². The van der Waals surface area contributed by atoms with Gasteiger partial charge in [0.05, 0.1) is 11.0 Å². The number of aromatic nitrogens is 2. The number of nitrogens with zero attached hydrogens (tertiary/aromatic N) is 3. The molecular weight excluding hydrogens is 272 g/mol. The second-order valence-corrected chi connectivity index (χ2v) is 5.69. The molecule has 3 heterocycles. The molecule has 0 radical (unpaired) electrons. The number of halogens is 1. The predicted molar refractivity (Wildman–Crippen MR) is 85.1 cm³/mol. The van der Waals surface area contributed by atoms with Crippen LogP contribution in [0.25, 0.3) is 11.0 Å². The molecule has 2 aromatic rings. The summed E-state index contributed by atoms with van der Waals surface area (Å²) in [4.78, 5) is 7.35. The number of imidazole rings is 1. The monoisotopic (exact) mass is 292 g/mol. The fourth-order valence-electron chi connectivity index (χ4n) is 3.41. The highest BCUT2D eigenvalue weighted by molar-refractivity contribution is 5.85. The normalized spacial score (nSPS) is 21.9. The molecule has 1 aromatic carbocycles. The van der Waals surface area contributed by atoms with Gasteiger partial charge >= 0.3 is 0 Å². The zero-order valence-corrected chi connectivity index (χ0v) is 12.6. The Labute approximate surface area is 125 Å². The Bertz CT molecular complexity index is 616. The lowest BCUT2D eigenvalue weighted by Crippen LogP contribution is -2.44. The predicted octanol–water partition coefficient (Wildman–Crippen LogP) is 2.37. The summed E-state index contributed by atoms with van der Waals surface area (Å²) in [6, 6.07) is 7.12. The third-order valence-electron chi connectivity index (χ3n) is 4.45. The summed E-state index contributed by atoms with van der Waals surface area (Å²) in [7, 11) is 0. The number of hydrogen-bond acceptors (Lipinski definition) is 3. The van der Waals surface area contributed by atoms with E-state index in [-0.39, 0.29) is 12.4 Å². The van der Waals surface area contributed by atoms with Crippen LogP contribution in [-0.2, 0) is 6.42 Å². The first-order chi connectivity index (χ1) is 9.34. The molecule has 0 saturated carbocycles. The molecule has 1 saturated heterocycles. The second-order valence-electron chi connectivity index (χ2n) is 5.69. The highest BCUT2D eigenvalue weighted by Gasteiger charge is 2.26. The minimum Gasteiger partial charge on any atom is -0.340 e. The summed E-state index contributed by atoms with van der Waals surface area (Å²) in [6.45, 7) is 6.56. The Morgan fingerprint density at radius 2 is 2.05 bits per heavy atom. The fourth-order valence-corrected chi connectivity index (χ4v) is 3.41. The van der Waals surface area contributed by atoms with Crippen LogP contribution in [0.4, 0.5) is 5.95 Å². The Morgan fingerprint density at radius 1 is 1.25 bits per heavy atom. The number of aryl methyl sites for hydroxylation is 1. The molecule has 1 fully saturated rings. The van der Waals surface area contributed by atoms with Crippen LogP contribution >= 0.6 is 12.4 Å². The number of para-hydroxylation sites is 1. The number of hydrogen-bond donors (Lipinski definition) is 1. The molecule has 4 nitrogen and oxygen atoms in total. The lowest BCUT2D eigenvalue weighted by atomic mass is 10.0.